The second-order valence-electron chi connectivity index (χ2n) is 7.47. The van der Waals surface area contributed by atoms with Crippen LogP contribution in [0.4, 0.5) is 22.0 Å². The number of rotatable bonds is 8. The van der Waals surface area contributed by atoms with Crippen molar-refractivity contribution >= 4 is 0 Å². The van der Waals surface area contributed by atoms with Crippen LogP contribution in [0.2, 0.25) is 0 Å². The van der Waals surface area contributed by atoms with Gasteiger partial charge in [0.05, 0.1) is 17.5 Å². The maximum Gasteiger partial charge on any atom is 0.417 e. The fourth-order valence-corrected chi connectivity index (χ4v) is 3.12. The van der Waals surface area contributed by atoms with Gasteiger partial charge in [0.25, 0.3) is 0 Å². The highest BCUT2D eigenvalue weighted by Gasteiger charge is 2.30. The van der Waals surface area contributed by atoms with E-state index in [-0.39, 0.29) is 42.8 Å². The molecule has 2 heterocycles. The summed E-state index contributed by atoms with van der Waals surface area (Å²) in [5.41, 5.74) is 0.634. The van der Waals surface area contributed by atoms with Crippen molar-refractivity contribution in [3.63, 3.8) is 0 Å². The van der Waals surface area contributed by atoms with Gasteiger partial charge >= 0.3 is 12.2 Å². The van der Waals surface area contributed by atoms with Crippen molar-refractivity contribution in [1.82, 2.24) is 15.0 Å². The minimum absolute atomic E-state index is 0.0317. The lowest BCUT2D eigenvalue weighted by Crippen LogP contribution is -2.05. The van der Waals surface area contributed by atoms with Gasteiger partial charge in [0.1, 0.15) is 6.61 Å². The Kier molecular flexibility index (Phi) is 7.19. The van der Waals surface area contributed by atoms with Crippen LogP contribution in [0.1, 0.15) is 22.4 Å². The van der Waals surface area contributed by atoms with Gasteiger partial charge in [0, 0.05) is 12.3 Å². The van der Waals surface area contributed by atoms with Crippen LogP contribution < -0.4 is 9.47 Å². The summed E-state index contributed by atoms with van der Waals surface area (Å²) < 4.78 is 77.3. The van der Waals surface area contributed by atoms with E-state index in [1.807, 2.05) is 30.3 Å². The maximum absolute atomic E-state index is 14.5. The molecule has 35 heavy (non-hydrogen) atoms. The molecule has 2 aromatic carbocycles. The van der Waals surface area contributed by atoms with Gasteiger partial charge in [-0.25, -0.2) is 18.7 Å². The van der Waals surface area contributed by atoms with Gasteiger partial charge < -0.3 is 9.47 Å². The molecule has 180 valence electrons. The third-order valence-electron chi connectivity index (χ3n) is 4.93. The molecule has 0 saturated carbocycles. The molecule has 0 radical (unpaired) electrons. The molecule has 2 aromatic heterocycles. The van der Waals surface area contributed by atoms with E-state index >= 15 is 0 Å². The van der Waals surface area contributed by atoms with Crippen LogP contribution >= 0.6 is 0 Å². The maximum atomic E-state index is 14.5. The van der Waals surface area contributed by atoms with Crippen LogP contribution in [0.5, 0.6) is 17.6 Å². The Labute approximate surface area is 197 Å². The van der Waals surface area contributed by atoms with Gasteiger partial charge in [-0.3, -0.25) is 0 Å². The van der Waals surface area contributed by atoms with Crippen molar-refractivity contribution in [2.75, 3.05) is 0 Å². The highest BCUT2D eigenvalue weighted by Crippen LogP contribution is 2.30. The van der Waals surface area contributed by atoms with Crippen molar-refractivity contribution in [2.24, 2.45) is 0 Å². The third-order valence-corrected chi connectivity index (χ3v) is 4.93. The topological polar surface area (TPSA) is 57.1 Å². The second-order valence-corrected chi connectivity index (χ2v) is 7.47. The number of alkyl halides is 3. The van der Waals surface area contributed by atoms with Crippen LogP contribution in [0.15, 0.2) is 73.1 Å². The Morgan fingerprint density at radius 1 is 0.771 bits per heavy atom. The Bertz CT molecular complexity index is 1280. The summed E-state index contributed by atoms with van der Waals surface area (Å²) in [5, 5.41) is 0. The highest BCUT2D eigenvalue weighted by molar-refractivity contribution is 5.33. The van der Waals surface area contributed by atoms with E-state index in [0.717, 1.165) is 23.9 Å². The highest BCUT2D eigenvalue weighted by atomic mass is 19.4. The van der Waals surface area contributed by atoms with Crippen molar-refractivity contribution < 1.29 is 31.4 Å². The predicted octanol–water partition coefficient (Wildman–Crippen LogP) is 6.33. The first kappa shape index (κ1) is 24.1. The SMILES string of the molecule is Fc1cc(CCc2nc(OCc3ccccc3)ncc2F)ccc1Oc1ccc(C(F)(F)F)cn1. The number of ether oxygens (including phenoxy) is 2. The molecule has 4 aromatic rings. The molecule has 0 saturated heterocycles. The lowest BCUT2D eigenvalue weighted by atomic mass is 10.1. The minimum atomic E-state index is -4.53. The van der Waals surface area contributed by atoms with Gasteiger partial charge in [-0.2, -0.15) is 18.2 Å². The predicted molar refractivity (Wildman–Crippen MR) is 116 cm³/mol. The molecule has 0 spiro atoms. The Morgan fingerprint density at radius 3 is 2.26 bits per heavy atom. The largest absolute Gasteiger partial charge is 0.459 e. The van der Waals surface area contributed by atoms with E-state index in [1.54, 1.807) is 6.07 Å². The van der Waals surface area contributed by atoms with Gasteiger partial charge in [0.2, 0.25) is 5.88 Å². The van der Waals surface area contributed by atoms with Crippen molar-refractivity contribution in [3.8, 4) is 17.6 Å². The standard InChI is InChI=1S/C25H18F5N3O2/c26-19-12-16(7-10-22(19)35-23-11-8-18(13-31-23)25(28,29)30)6-9-21-20(27)14-32-24(33-21)34-15-17-4-2-1-3-5-17/h1-5,7-8,10-14H,6,9,15H2. The molecule has 10 heteroatoms. The lowest BCUT2D eigenvalue weighted by molar-refractivity contribution is -0.137. The first-order chi connectivity index (χ1) is 16.8. The summed E-state index contributed by atoms with van der Waals surface area (Å²) in [6.45, 7) is 0.229. The van der Waals surface area contributed by atoms with Crippen LogP contribution in [0, 0.1) is 11.6 Å². The Hall–Kier alpha value is -4.08. The van der Waals surface area contributed by atoms with Gasteiger partial charge in [0.15, 0.2) is 17.4 Å². The molecule has 0 aliphatic carbocycles. The fourth-order valence-electron chi connectivity index (χ4n) is 3.12. The average molecular weight is 487 g/mol. The lowest BCUT2D eigenvalue weighted by Gasteiger charge is -2.10. The summed E-state index contributed by atoms with van der Waals surface area (Å²) in [4.78, 5) is 11.5. The average Bonchev–Trinajstić information content (AvgIpc) is 2.84. The number of benzene rings is 2. The third kappa shape index (κ3) is 6.50. The summed E-state index contributed by atoms with van der Waals surface area (Å²) in [6, 6.07) is 15.3. The number of nitrogens with zero attached hydrogens (tertiary/aromatic N) is 3. The Morgan fingerprint density at radius 2 is 1.57 bits per heavy atom. The number of aryl methyl sites for hydroxylation is 2. The summed E-state index contributed by atoms with van der Waals surface area (Å²) >= 11 is 0. The normalized spacial score (nSPS) is 11.3. The monoisotopic (exact) mass is 487 g/mol. The first-order valence-electron chi connectivity index (χ1n) is 10.5. The molecule has 0 fully saturated rings. The zero-order valence-electron chi connectivity index (χ0n) is 18.1. The minimum Gasteiger partial charge on any atom is -0.459 e. The quantitative estimate of drug-likeness (QED) is 0.272. The summed E-state index contributed by atoms with van der Waals surface area (Å²) in [7, 11) is 0. The Balaban J connectivity index is 1.37. The van der Waals surface area contributed by atoms with Crippen LogP contribution in [-0.2, 0) is 25.6 Å². The number of hydrogen-bond donors (Lipinski definition) is 0. The van der Waals surface area contributed by atoms with E-state index in [2.05, 4.69) is 15.0 Å². The fraction of sp³-hybridized carbons (Fsp3) is 0.160. The number of pyridine rings is 1. The molecule has 0 amide bonds. The molecule has 0 N–H and O–H groups in total. The molecule has 0 unspecified atom stereocenters. The molecule has 0 bridgehead atoms. The number of hydrogen-bond acceptors (Lipinski definition) is 5. The molecule has 5 nitrogen and oxygen atoms in total. The van der Waals surface area contributed by atoms with Crippen molar-refractivity contribution in [1.29, 1.82) is 0 Å². The molecule has 4 rings (SSSR count). The molecular formula is C25H18F5N3O2. The van der Waals surface area contributed by atoms with Gasteiger partial charge in [-0.05, 0) is 42.2 Å². The van der Waals surface area contributed by atoms with Gasteiger partial charge in [-0.1, -0.05) is 36.4 Å². The van der Waals surface area contributed by atoms with E-state index in [4.69, 9.17) is 9.47 Å². The van der Waals surface area contributed by atoms with Gasteiger partial charge in [-0.15, -0.1) is 0 Å². The molecule has 0 aliphatic rings. The molecule has 0 atom stereocenters. The zero-order valence-corrected chi connectivity index (χ0v) is 18.1. The zero-order chi connectivity index (χ0) is 24.8. The van der Waals surface area contributed by atoms with E-state index < -0.39 is 23.4 Å². The van der Waals surface area contributed by atoms with Crippen LogP contribution in [0.25, 0.3) is 0 Å². The number of aromatic nitrogens is 3. The van der Waals surface area contributed by atoms with Crippen LogP contribution in [0.3, 0.4) is 0 Å². The molecule has 0 aliphatic heterocycles. The van der Waals surface area contributed by atoms with E-state index in [0.29, 0.717) is 11.8 Å². The first-order valence-corrected chi connectivity index (χ1v) is 10.5. The van der Waals surface area contributed by atoms with Crippen molar-refractivity contribution in [3.05, 3.63) is 107 Å². The van der Waals surface area contributed by atoms with Crippen LogP contribution in [-0.4, -0.2) is 15.0 Å². The smallest absolute Gasteiger partial charge is 0.417 e. The number of halogens is 5. The van der Waals surface area contributed by atoms with E-state index in [1.165, 1.54) is 12.1 Å². The second kappa shape index (κ2) is 10.5. The summed E-state index contributed by atoms with van der Waals surface area (Å²) in [6.07, 6.45) is -2.47. The molecular weight excluding hydrogens is 469 g/mol. The van der Waals surface area contributed by atoms with Crippen molar-refractivity contribution in [2.45, 2.75) is 25.6 Å². The van der Waals surface area contributed by atoms with E-state index in [9.17, 15) is 22.0 Å². The summed E-state index contributed by atoms with van der Waals surface area (Å²) in [5.74, 6) is -1.73.